The highest BCUT2D eigenvalue weighted by atomic mass is 32.1. The lowest BCUT2D eigenvalue weighted by molar-refractivity contribution is 0.440. The molecule has 80 valence electrons. The number of rotatable bonds is 1. The van der Waals surface area contributed by atoms with Crippen molar-refractivity contribution in [1.82, 2.24) is 25.1 Å². The summed E-state index contributed by atoms with van der Waals surface area (Å²) < 4.78 is 1.90. The summed E-state index contributed by atoms with van der Waals surface area (Å²) in [5.74, 6) is 1.48. The number of nitrogens with one attached hydrogen (secondary N) is 1. The van der Waals surface area contributed by atoms with Gasteiger partial charge in [-0.05, 0) is 26.3 Å². The summed E-state index contributed by atoms with van der Waals surface area (Å²) in [6.07, 6.45) is 2.40. The molecule has 1 unspecified atom stereocenters. The number of aryl methyl sites for hydroxylation is 1. The summed E-state index contributed by atoms with van der Waals surface area (Å²) in [7, 11) is 0. The van der Waals surface area contributed by atoms with Gasteiger partial charge < -0.3 is 5.32 Å². The summed E-state index contributed by atoms with van der Waals surface area (Å²) in [4.78, 5) is 0.910. The van der Waals surface area contributed by atoms with Crippen LogP contribution >= 0.6 is 11.3 Å². The van der Waals surface area contributed by atoms with E-state index in [1.165, 1.54) is 12.8 Å². The number of hydrogen-bond acceptors (Lipinski definition) is 5. The van der Waals surface area contributed by atoms with Crippen molar-refractivity contribution in [3.05, 3.63) is 10.8 Å². The minimum Gasteiger partial charge on any atom is -0.316 e. The molecular formula is C9H13N5S. The first-order valence-electron chi connectivity index (χ1n) is 5.24. The summed E-state index contributed by atoms with van der Waals surface area (Å²) in [5.41, 5.74) is 0. The van der Waals surface area contributed by atoms with E-state index in [4.69, 9.17) is 0 Å². The second-order valence-corrected chi connectivity index (χ2v) is 5.08. The Hall–Kier alpha value is -1.01. The molecule has 1 atom stereocenters. The maximum absolute atomic E-state index is 4.43. The van der Waals surface area contributed by atoms with Gasteiger partial charge in [0.2, 0.25) is 4.96 Å². The van der Waals surface area contributed by atoms with Gasteiger partial charge in [0, 0.05) is 12.5 Å². The predicted molar refractivity (Wildman–Crippen MR) is 58.2 cm³/mol. The van der Waals surface area contributed by atoms with Crippen molar-refractivity contribution in [3.8, 4) is 0 Å². The highest BCUT2D eigenvalue weighted by Gasteiger charge is 2.21. The van der Waals surface area contributed by atoms with Crippen LogP contribution in [0.25, 0.3) is 4.96 Å². The first kappa shape index (κ1) is 9.23. The van der Waals surface area contributed by atoms with E-state index in [0.717, 1.165) is 28.9 Å². The molecule has 0 aliphatic carbocycles. The van der Waals surface area contributed by atoms with Gasteiger partial charge in [0.25, 0.3) is 0 Å². The number of fused-ring (bicyclic) bond motifs is 1. The Kier molecular flexibility index (Phi) is 2.17. The second kappa shape index (κ2) is 3.53. The lowest BCUT2D eigenvalue weighted by Gasteiger charge is -2.20. The highest BCUT2D eigenvalue weighted by Crippen LogP contribution is 2.23. The Morgan fingerprint density at radius 3 is 3.20 bits per heavy atom. The fourth-order valence-corrected chi connectivity index (χ4v) is 2.74. The summed E-state index contributed by atoms with van der Waals surface area (Å²) >= 11 is 1.59. The van der Waals surface area contributed by atoms with Crippen molar-refractivity contribution in [1.29, 1.82) is 0 Å². The van der Waals surface area contributed by atoms with Crippen LogP contribution in [-0.4, -0.2) is 32.9 Å². The van der Waals surface area contributed by atoms with Crippen LogP contribution in [0, 0.1) is 6.92 Å². The first-order chi connectivity index (χ1) is 7.34. The van der Waals surface area contributed by atoms with Gasteiger partial charge in [0.05, 0.1) is 0 Å². The molecule has 1 aliphatic rings. The SMILES string of the molecule is Cc1nn2c(C3CCCNC3)nnc2s1. The van der Waals surface area contributed by atoms with Crippen LogP contribution < -0.4 is 5.32 Å². The van der Waals surface area contributed by atoms with Gasteiger partial charge in [-0.15, -0.1) is 10.2 Å². The Bertz CT molecular complexity index is 468. The number of hydrogen-bond donors (Lipinski definition) is 1. The Labute approximate surface area is 91.5 Å². The molecule has 3 heterocycles. The van der Waals surface area contributed by atoms with Gasteiger partial charge in [-0.25, -0.2) is 0 Å². The second-order valence-electron chi connectivity index (χ2n) is 3.92. The number of piperidine rings is 1. The summed E-state index contributed by atoms with van der Waals surface area (Å²) in [5, 5.41) is 17.3. The van der Waals surface area contributed by atoms with Crippen LogP contribution in [0.4, 0.5) is 0 Å². The molecule has 0 amide bonds. The standard InChI is InChI=1S/C9H13N5S/c1-6-13-14-8(11-12-9(14)15-6)7-3-2-4-10-5-7/h7,10H,2-5H2,1H3. The Morgan fingerprint density at radius 1 is 1.47 bits per heavy atom. The van der Waals surface area contributed by atoms with E-state index in [9.17, 15) is 0 Å². The van der Waals surface area contributed by atoms with Crippen molar-refractivity contribution in [3.63, 3.8) is 0 Å². The summed E-state index contributed by atoms with van der Waals surface area (Å²) in [6, 6.07) is 0. The monoisotopic (exact) mass is 223 g/mol. The highest BCUT2D eigenvalue weighted by molar-refractivity contribution is 7.16. The van der Waals surface area contributed by atoms with E-state index in [1.807, 2.05) is 11.4 Å². The molecule has 0 aromatic carbocycles. The Morgan fingerprint density at radius 2 is 2.40 bits per heavy atom. The third kappa shape index (κ3) is 1.53. The molecule has 2 aromatic rings. The van der Waals surface area contributed by atoms with Gasteiger partial charge >= 0.3 is 0 Å². The molecule has 1 fully saturated rings. The fraction of sp³-hybridized carbons (Fsp3) is 0.667. The average molecular weight is 223 g/mol. The molecule has 15 heavy (non-hydrogen) atoms. The maximum atomic E-state index is 4.43. The molecule has 6 heteroatoms. The Balaban J connectivity index is 2.01. The van der Waals surface area contributed by atoms with E-state index in [-0.39, 0.29) is 0 Å². The third-order valence-corrected chi connectivity index (χ3v) is 3.59. The molecule has 1 N–H and O–H groups in total. The van der Waals surface area contributed by atoms with Crippen molar-refractivity contribution in [2.24, 2.45) is 0 Å². The molecule has 0 radical (unpaired) electrons. The molecule has 0 bridgehead atoms. The van der Waals surface area contributed by atoms with E-state index < -0.39 is 0 Å². The molecule has 3 rings (SSSR count). The van der Waals surface area contributed by atoms with E-state index in [0.29, 0.717) is 5.92 Å². The molecule has 1 saturated heterocycles. The van der Waals surface area contributed by atoms with E-state index >= 15 is 0 Å². The molecule has 1 aliphatic heterocycles. The minimum absolute atomic E-state index is 0.468. The fourth-order valence-electron chi connectivity index (χ4n) is 2.05. The lowest BCUT2D eigenvalue weighted by atomic mass is 9.99. The van der Waals surface area contributed by atoms with Crippen molar-refractivity contribution >= 4 is 16.3 Å². The van der Waals surface area contributed by atoms with Crippen LogP contribution in [0.5, 0.6) is 0 Å². The lowest BCUT2D eigenvalue weighted by Crippen LogP contribution is -2.29. The van der Waals surface area contributed by atoms with E-state index in [2.05, 4.69) is 20.6 Å². The summed E-state index contributed by atoms with van der Waals surface area (Å²) in [6.45, 7) is 4.12. The minimum atomic E-state index is 0.468. The normalized spacial score (nSPS) is 22.3. The number of aromatic nitrogens is 4. The van der Waals surface area contributed by atoms with Crippen molar-refractivity contribution in [2.45, 2.75) is 25.7 Å². The van der Waals surface area contributed by atoms with Crippen LogP contribution in [0.1, 0.15) is 29.6 Å². The molecular weight excluding hydrogens is 210 g/mol. The zero-order valence-electron chi connectivity index (χ0n) is 8.60. The molecule has 5 nitrogen and oxygen atoms in total. The van der Waals surface area contributed by atoms with Crippen LogP contribution in [0.15, 0.2) is 0 Å². The smallest absolute Gasteiger partial charge is 0.234 e. The van der Waals surface area contributed by atoms with Crippen LogP contribution in [0.3, 0.4) is 0 Å². The van der Waals surface area contributed by atoms with E-state index in [1.54, 1.807) is 11.3 Å². The maximum Gasteiger partial charge on any atom is 0.234 e. The average Bonchev–Trinajstić information content (AvgIpc) is 2.77. The topological polar surface area (TPSA) is 55.1 Å². The molecule has 0 spiro atoms. The third-order valence-electron chi connectivity index (χ3n) is 2.78. The van der Waals surface area contributed by atoms with Gasteiger partial charge in [0.1, 0.15) is 5.01 Å². The van der Waals surface area contributed by atoms with Crippen LogP contribution in [-0.2, 0) is 0 Å². The quantitative estimate of drug-likeness (QED) is 0.782. The van der Waals surface area contributed by atoms with Gasteiger partial charge in [0.15, 0.2) is 5.82 Å². The van der Waals surface area contributed by atoms with Crippen LogP contribution in [0.2, 0.25) is 0 Å². The number of nitrogens with zero attached hydrogens (tertiary/aromatic N) is 4. The van der Waals surface area contributed by atoms with Gasteiger partial charge in [-0.3, -0.25) is 0 Å². The zero-order chi connectivity index (χ0) is 10.3. The van der Waals surface area contributed by atoms with Gasteiger partial charge in [-0.2, -0.15) is 9.61 Å². The predicted octanol–water partition coefficient (Wildman–Crippen LogP) is 0.961. The van der Waals surface area contributed by atoms with Gasteiger partial charge in [-0.1, -0.05) is 11.3 Å². The molecule has 2 aromatic heterocycles. The van der Waals surface area contributed by atoms with Crippen molar-refractivity contribution < 1.29 is 0 Å². The largest absolute Gasteiger partial charge is 0.316 e. The zero-order valence-corrected chi connectivity index (χ0v) is 9.42. The molecule has 0 saturated carbocycles. The first-order valence-corrected chi connectivity index (χ1v) is 6.06. The van der Waals surface area contributed by atoms with Crippen molar-refractivity contribution in [2.75, 3.05) is 13.1 Å².